The number of nitrogen functional groups attached to an aromatic ring is 3. The highest BCUT2D eigenvalue weighted by Crippen LogP contribution is 2.39. The van der Waals surface area contributed by atoms with Gasteiger partial charge in [0.15, 0.2) is 0 Å². The Morgan fingerprint density at radius 2 is 0.569 bits per heavy atom. The molecule has 0 amide bonds. The maximum Gasteiger partial charge on any atom is 0.348 e. The number of thiophene rings is 3. The van der Waals surface area contributed by atoms with E-state index in [9.17, 15) is 29.7 Å². The van der Waals surface area contributed by atoms with Crippen molar-refractivity contribution in [2.45, 2.75) is 0 Å². The SMILES string of the molecule is Nc1cc(-c2ccc(-c3cc(-c4ccc(-c5cc(N)c(C(=O)O)s5)cc4)cc(-c4ccc(-c5cc(N)c(C(=O)O)s5)cc4)c3)cc2)sc1C(=O)O. The number of aromatic carboxylic acids is 3. The van der Waals surface area contributed by atoms with Gasteiger partial charge in [0, 0.05) is 14.6 Å². The summed E-state index contributed by atoms with van der Waals surface area (Å²) in [4.78, 5) is 37.2. The number of carboxylic acids is 3. The summed E-state index contributed by atoms with van der Waals surface area (Å²) in [6, 6.07) is 34.9. The van der Waals surface area contributed by atoms with Gasteiger partial charge in [0.05, 0.1) is 17.1 Å². The van der Waals surface area contributed by atoms with Crippen molar-refractivity contribution in [1.82, 2.24) is 0 Å². The third-order valence-electron chi connectivity index (χ3n) is 8.31. The Kier molecular flexibility index (Phi) is 8.65. The minimum atomic E-state index is -1.06. The van der Waals surface area contributed by atoms with Crippen molar-refractivity contribution in [3.63, 3.8) is 0 Å². The Balaban J connectivity index is 1.27. The van der Waals surface area contributed by atoms with E-state index >= 15 is 0 Å². The fourth-order valence-electron chi connectivity index (χ4n) is 5.75. The molecule has 51 heavy (non-hydrogen) atoms. The molecule has 0 radical (unpaired) electrons. The lowest BCUT2D eigenvalue weighted by Gasteiger charge is -2.13. The van der Waals surface area contributed by atoms with Crippen LogP contribution in [-0.2, 0) is 0 Å². The second-order valence-electron chi connectivity index (χ2n) is 11.6. The Labute approximate surface area is 303 Å². The molecule has 9 nitrogen and oxygen atoms in total. The standard InChI is InChI=1S/C39H27N3O6S3/c40-28-16-31(49-34(28)37(43)44)22-7-1-19(2-8-22)25-13-26(20-3-9-23(10-4-20)32-17-29(41)35(50-32)38(45)46)15-27(14-25)21-5-11-24(12-6-21)33-18-30(42)36(51-33)39(47)48/h1-18H,40-42H2,(H,43,44)(H,45,46)(H,47,48). The molecule has 4 aromatic carbocycles. The molecule has 12 heteroatoms. The predicted molar refractivity (Wildman–Crippen MR) is 207 cm³/mol. The van der Waals surface area contributed by atoms with Gasteiger partial charge in [0.2, 0.25) is 0 Å². The first-order valence-electron chi connectivity index (χ1n) is 15.3. The van der Waals surface area contributed by atoms with E-state index in [4.69, 9.17) is 17.2 Å². The molecular weight excluding hydrogens is 703 g/mol. The van der Waals surface area contributed by atoms with Crippen LogP contribution < -0.4 is 17.2 Å². The van der Waals surface area contributed by atoms with Gasteiger partial charge in [-0.3, -0.25) is 0 Å². The van der Waals surface area contributed by atoms with Crippen LogP contribution in [0.2, 0.25) is 0 Å². The largest absolute Gasteiger partial charge is 0.477 e. The second-order valence-corrected chi connectivity index (χ2v) is 14.8. The van der Waals surface area contributed by atoms with E-state index in [1.807, 2.05) is 72.8 Å². The smallest absolute Gasteiger partial charge is 0.348 e. The lowest BCUT2D eigenvalue weighted by atomic mass is 9.92. The molecular formula is C39H27N3O6S3. The van der Waals surface area contributed by atoms with E-state index in [1.165, 1.54) is 0 Å². The molecule has 0 fully saturated rings. The number of carboxylic acid groups (broad SMARTS) is 3. The highest BCUT2D eigenvalue weighted by molar-refractivity contribution is 7.18. The van der Waals surface area contributed by atoms with Crippen LogP contribution in [0.15, 0.2) is 109 Å². The monoisotopic (exact) mass is 729 g/mol. The van der Waals surface area contributed by atoms with Crippen LogP contribution in [0.4, 0.5) is 17.1 Å². The Hall–Kier alpha value is -6.21. The van der Waals surface area contributed by atoms with Crippen molar-refractivity contribution >= 4 is 69.0 Å². The maximum absolute atomic E-state index is 11.5. The van der Waals surface area contributed by atoms with Gasteiger partial charge in [0.25, 0.3) is 0 Å². The number of carbonyl (C=O) groups is 3. The van der Waals surface area contributed by atoms with Gasteiger partial charge in [0.1, 0.15) is 14.6 Å². The summed E-state index contributed by atoms with van der Waals surface area (Å²) in [5.74, 6) is -3.17. The first kappa shape index (κ1) is 33.3. The average molecular weight is 730 g/mol. The van der Waals surface area contributed by atoms with Gasteiger partial charge in [-0.25, -0.2) is 14.4 Å². The zero-order valence-corrected chi connectivity index (χ0v) is 28.9. The van der Waals surface area contributed by atoms with Crippen LogP contribution in [0, 0.1) is 0 Å². The number of benzene rings is 4. The summed E-state index contributed by atoms with van der Waals surface area (Å²) < 4.78 is 0. The molecule has 0 atom stereocenters. The first-order chi connectivity index (χ1) is 24.4. The summed E-state index contributed by atoms with van der Waals surface area (Å²) >= 11 is 3.40. The van der Waals surface area contributed by atoms with E-state index in [0.717, 1.165) is 98.7 Å². The fraction of sp³-hybridized carbons (Fsp3) is 0. The Morgan fingerprint density at radius 3 is 0.765 bits per heavy atom. The van der Waals surface area contributed by atoms with Crippen LogP contribution in [0.5, 0.6) is 0 Å². The summed E-state index contributed by atoms with van der Waals surface area (Å²) in [5, 5.41) is 28.3. The number of hydrogen-bond acceptors (Lipinski definition) is 9. The molecule has 3 heterocycles. The van der Waals surface area contributed by atoms with Crippen LogP contribution >= 0.6 is 34.0 Å². The molecule has 0 bridgehead atoms. The molecule has 9 N–H and O–H groups in total. The van der Waals surface area contributed by atoms with E-state index in [1.54, 1.807) is 18.2 Å². The molecule has 252 valence electrons. The van der Waals surface area contributed by atoms with E-state index < -0.39 is 17.9 Å². The van der Waals surface area contributed by atoms with Crippen molar-refractivity contribution < 1.29 is 29.7 Å². The third-order valence-corrected chi connectivity index (χ3v) is 11.9. The fourth-order valence-corrected chi connectivity index (χ4v) is 8.52. The predicted octanol–water partition coefficient (Wildman–Crippen LogP) is 9.71. The van der Waals surface area contributed by atoms with Gasteiger partial charge in [-0.2, -0.15) is 0 Å². The maximum atomic E-state index is 11.5. The molecule has 0 saturated carbocycles. The van der Waals surface area contributed by atoms with E-state index in [-0.39, 0.29) is 31.7 Å². The Morgan fingerprint density at radius 1 is 0.353 bits per heavy atom. The summed E-state index contributed by atoms with van der Waals surface area (Å²) in [6.07, 6.45) is 0. The molecule has 0 aliphatic carbocycles. The van der Waals surface area contributed by atoms with Crippen LogP contribution in [0.25, 0.3) is 64.7 Å². The van der Waals surface area contributed by atoms with Crippen molar-refractivity contribution in [1.29, 1.82) is 0 Å². The van der Waals surface area contributed by atoms with Crippen molar-refractivity contribution in [3.8, 4) is 64.7 Å². The van der Waals surface area contributed by atoms with Crippen LogP contribution in [0.1, 0.15) is 29.0 Å². The zero-order chi connectivity index (χ0) is 36.0. The van der Waals surface area contributed by atoms with Gasteiger partial charge < -0.3 is 32.5 Å². The molecule has 0 aliphatic rings. The van der Waals surface area contributed by atoms with Crippen molar-refractivity contribution in [2.24, 2.45) is 0 Å². The van der Waals surface area contributed by atoms with Gasteiger partial charge in [-0.1, -0.05) is 72.8 Å². The molecule has 7 rings (SSSR count). The quantitative estimate of drug-likeness (QED) is 0.0840. The average Bonchev–Trinajstić information content (AvgIpc) is 3.84. The molecule has 7 aromatic rings. The normalized spacial score (nSPS) is 11.1. The van der Waals surface area contributed by atoms with E-state index in [2.05, 4.69) is 18.2 Å². The lowest BCUT2D eigenvalue weighted by molar-refractivity contribution is 0.0692. The van der Waals surface area contributed by atoms with Gasteiger partial charge >= 0.3 is 17.9 Å². The molecule has 0 spiro atoms. The number of rotatable bonds is 9. The van der Waals surface area contributed by atoms with E-state index in [0.29, 0.717) is 0 Å². The van der Waals surface area contributed by atoms with Gasteiger partial charge in [-0.05, 0) is 86.5 Å². The lowest BCUT2D eigenvalue weighted by Crippen LogP contribution is -1.96. The highest BCUT2D eigenvalue weighted by Gasteiger charge is 2.17. The minimum Gasteiger partial charge on any atom is -0.477 e. The first-order valence-corrected chi connectivity index (χ1v) is 17.8. The highest BCUT2D eigenvalue weighted by atomic mass is 32.1. The van der Waals surface area contributed by atoms with Crippen LogP contribution in [0.3, 0.4) is 0 Å². The summed E-state index contributed by atoms with van der Waals surface area (Å²) in [5.41, 5.74) is 26.8. The zero-order valence-electron chi connectivity index (χ0n) is 26.4. The Bertz CT molecular complexity index is 2190. The van der Waals surface area contributed by atoms with Gasteiger partial charge in [-0.15, -0.1) is 34.0 Å². The molecule has 3 aromatic heterocycles. The minimum absolute atomic E-state index is 0.109. The molecule has 0 unspecified atom stereocenters. The second kappa shape index (κ2) is 13.2. The summed E-state index contributed by atoms with van der Waals surface area (Å²) in [7, 11) is 0. The van der Waals surface area contributed by atoms with Crippen LogP contribution in [-0.4, -0.2) is 33.2 Å². The molecule has 0 aliphatic heterocycles. The number of anilines is 3. The summed E-state index contributed by atoms with van der Waals surface area (Å²) in [6.45, 7) is 0. The number of nitrogens with two attached hydrogens (primary N) is 3. The number of hydrogen-bond donors (Lipinski definition) is 6. The molecule has 0 saturated heterocycles. The topological polar surface area (TPSA) is 190 Å². The van der Waals surface area contributed by atoms with Crippen molar-refractivity contribution in [3.05, 3.63) is 124 Å². The van der Waals surface area contributed by atoms with Crippen molar-refractivity contribution in [2.75, 3.05) is 17.2 Å². The third kappa shape index (κ3) is 6.58.